The van der Waals surface area contributed by atoms with Crippen LogP contribution in [-0.2, 0) is 6.54 Å². The average Bonchev–Trinajstić information content (AvgIpc) is 3.38. The number of aryl methyl sites for hydroxylation is 2. The number of rotatable bonds is 6. The molecule has 0 unspecified atom stereocenters. The Morgan fingerprint density at radius 1 is 1.03 bits per heavy atom. The third-order valence-electron chi connectivity index (χ3n) is 6.16. The number of amides is 2. The van der Waals surface area contributed by atoms with E-state index in [9.17, 15) is 9.59 Å². The molecule has 4 rings (SSSR count). The van der Waals surface area contributed by atoms with Crippen molar-refractivity contribution in [2.75, 3.05) is 20.1 Å². The molecule has 6 nitrogen and oxygen atoms in total. The Morgan fingerprint density at radius 2 is 1.79 bits per heavy atom. The maximum absolute atomic E-state index is 13.3. The fraction of sp³-hybridized carbons (Fsp3) is 0.296. The van der Waals surface area contributed by atoms with Gasteiger partial charge in [-0.2, -0.15) is 0 Å². The number of pyridine rings is 1. The highest BCUT2D eigenvalue weighted by atomic mass is 16.2. The second kappa shape index (κ2) is 9.96. The topological polar surface area (TPSA) is 74.3 Å². The van der Waals surface area contributed by atoms with Gasteiger partial charge < -0.3 is 15.5 Å². The van der Waals surface area contributed by atoms with Crippen molar-refractivity contribution in [3.05, 3.63) is 88.7 Å². The van der Waals surface area contributed by atoms with E-state index in [1.165, 1.54) is 0 Å². The molecular weight excluding hydrogens is 412 g/mol. The number of likely N-dealkylation sites (N-methyl/N-ethyl adjacent to an activating group) is 1. The highest BCUT2D eigenvalue weighted by Gasteiger charge is 2.25. The third kappa shape index (κ3) is 5.46. The zero-order valence-corrected chi connectivity index (χ0v) is 19.4. The summed E-state index contributed by atoms with van der Waals surface area (Å²) in [4.78, 5) is 32.4. The van der Waals surface area contributed by atoms with Gasteiger partial charge in [0.2, 0.25) is 0 Å². The highest BCUT2D eigenvalue weighted by molar-refractivity contribution is 6.01. The van der Waals surface area contributed by atoms with Crippen molar-refractivity contribution in [3.8, 4) is 11.1 Å². The van der Waals surface area contributed by atoms with E-state index in [2.05, 4.69) is 15.6 Å². The molecule has 1 atom stereocenters. The lowest BCUT2D eigenvalue weighted by Gasteiger charge is -2.24. The van der Waals surface area contributed by atoms with E-state index in [4.69, 9.17) is 0 Å². The summed E-state index contributed by atoms with van der Waals surface area (Å²) < 4.78 is 0. The first-order valence-electron chi connectivity index (χ1n) is 11.3. The zero-order valence-electron chi connectivity index (χ0n) is 19.4. The quantitative estimate of drug-likeness (QED) is 0.610. The molecule has 0 bridgehead atoms. The number of nitrogens with one attached hydrogen (secondary N) is 2. The molecule has 1 saturated heterocycles. The normalized spacial score (nSPS) is 15.3. The zero-order chi connectivity index (χ0) is 23.4. The minimum absolute atomic E-state index is 0.0746. The Balaban J connectivity index is 1.63. The lowest BCUT2D eigenvalue weighted by atomic mass is 9.97. The third-order valence-corrected chi connectivity index (χ3v) is 6.16. The first kappa shape index (κ1) is 22.7. The maximum atomic E-state index is 13.3. The summed E-state index contributed by atoms with van der Waals surface area (Å²) in [7, 11) is 1.84. The smallest absolute Gasteiger partial charge is 0.253 e. The molecule has 33 heavy (non-hydrogen) atoms. The minimum Gasteiger partial charge on any atom is -0.348 e. The van der Waals surface area contributed by atoms with Crippen molar-refractivity contribution in [2.24, 2.45) is 0 Å². The van der Waals surface area contributed by atoms with Gasteiger partial charge >= 0.3 is 0 Å². The van der Waals surface area contributed by atoms with Crippen molar-refractivity contribution in [2.45, 2.75) is 32.9 Å². The minimum atomic E-state index is -0.219. The van der Waals surface area contributed by atoms with Gasteiger partial charge in [0.15, 0.2) is 0 Å². The molecule has 170 valence electrons. The maximum Gasteiger partial charge on any atom is 0.253 e. The molecule has 0 aliphatic carbocycles. The Labute approximate surface area is 195 Å². The summed E-state index contributed by atoms with van der Waals surface area (Å²) in [6.45, 7) is 6.03. The molecule has 1 fully saturated rings. The van der Waals surface area contributed by atoms with Crippen LogP contribution in [-0.4, -0.2) is 47.9 Å². The monoisotopic (exact) mass is 442 g/mol. The van der Waals surface area contributed by atoms with Crippen molar-refractivity contribution in [1.82, 2.24) is 20.5 Å². The van der Waals surface area contributed by atoms with E-state index in [1.54, 1.807) is 17.2 Å². The van der Waals surface area contributed by atoms with Crippen LogP contribution in [0.1, 0.15) is 44.0 Å². The van der Waals surface area contributed by atoms with Gasteiger partial charge in [0, 0.05) is 49.2 Å². The van der Waals surface area contributed by atoms with Crippen LogP contribution in [0.3, 0.4) is 0 Å². The van der Waals surface area contributed by atoms with E-state index < -0.39 is 0 Å². The number of hydrogen-bond donors (Lipinski definition) is 2. The first-order valence-corrected chi connectivity index (χ1v) is 11.3. The van der Waals surface area contributed by atoms with E-state index in [0.717, 1.165) is 47.5 Å². The fourth-order valence-corrected chi connectivity index (χ4v) is 4.02. The number of hydrogen-bond acceptors (Lipinski definition) is 4. The van der Waals surface area contributed by atoms with Gasteiger partial charge in [0.1, 0.15) is 0 Å². The molecule has 6 heteroatoms. The van der Waals surface area contributed by atoms with Crippen LogP contribution in [0.2, 0.25) is 0 Å². The van der Waals surface area contributed by atoms with Crippen LogP contribution < -0.4 is 10.6 Å². The van der Waals surface area contributed by atoms with Crippen molar-refractivity contribution in [3.63, 3.8) is 0 Å². The van der Waals surface area contributed by atoms with Gasteiger partial charge in [-0.25, -0.2) is 0 Å². The van der Waals surface area contributed by atoms with Crippen molar-refractivity contribution < 1.29 is 9.59 Å². The van der Waals surface area contributed by atoms with E-state index >= 15 is 0 Å². The molecule has 3 aromatic rings. The van der Waals surface area contributed by atoms with Gasteiger partial charge in [0.25, 0.3) is 11.8 Å². The molecule has 2 heterocycles. The van der Waals surface area contributed by atoms with Crippen LogP contribution in [0, 0.1) is 13.8 Å². The van der Waals surface area contributed by atoms with Crippen LogP contribution in [0.5, 0.6) is 0 Å². The standard InChI is InChI=1S/C27H30N4O2/c1-18-4-8-21(9-5-18)22-12-23(26(32)30-16-20-7-6-19(2)29-15-20)14-24(13-22)27(33)31(3)25-10-11-28-17-25/h4-9,12-15,25,28H,10-11,16-17H2,1-3H3,(H,30,32)/t25-/m0/s1. The average molecular weight is 443 g/mol. The highest BCUT2D eigenvalue weighted by Crippen LogP contribution is 2.25. The molecule has 2 aromatic carbocycles. The summed E-state index contributed by atoms with van der Waals surface area (Å²) in [6.07, 6.45) is 2.69. The van der Waals surface area contributed by atoms with E-state index in [1.807, 2.05) is 69.4 Å². The molecule has 0 saturated carbocycles. The SMILES string of the molecule is Cc1ccc(-c2cc(C(=O)NCc3ccc(C)nc3)cc(C(=O)N(C)[C@H]3CCNC3)c2)cc1. The molecule has 2 N–H and O–H groups in total. The molecule has 1 aliphatic heterocycles. The number of nitrogens with zero attached hydrogens (tertiary/aromatic N) is 2. The van der Waals surface area contributed by atoms with E-state index in [0.29, 0.717) is 17.7 Å². The molecule has 0 spiro atoms. The molecule has 1 aliphatic rings. The van der Waals surface area contributed by atoms with Gasteiger partial charge in [-0.1, -0.05) is 35.9 Å². The lowest BCUT2D eigenvalue weighted by Crippen LogP contribution is -2.38. The number of aromatic nitrogens is 1. The fourth-order valence-electron chi connectivity index (χ4n) is 4.02. The Bertz CT molecular complexity index is 1130. The molecule has 0 radical (unpaired) electrons. The van der Waals surface area contributed by atoms with Crippen molar-refractivity contribution >= 4 is 11.8 Å². The summed E-state index contributed by atoms with van der Waals surface area (Å²) in [5.74, 6) is -0.293. The Morgan fingerprint density at radius 3 is 2.45 bits per heavy atom. The number of carbonyl (C=O) groups is 2. The van der Waals surface area contributed by atoms with E-state index in [-0.39, 0.29) is 17.9 Å². The predicted octanol–water partition coefficient (Wildman–Crippen LogP) is 3.73. The van der Waals surface area contributed by atoms with Crippen LogP contribution in [0.25, 0.3) is 11.1 Å². The molecule has 1 aromatic heterocycles. The Hall–Kier alpha value is -3.51. The van der Waals surface area contributed by atoms with Crippen molar-refractivity contribution in [1.29, 1.82) is 0 Å². The summed E-state index contributed by atoms with van der Waals surface area (Å²) >= 11 is 0. The van der Waals surface area contributed by atoms with Gasteiger partial charge in [-0.3, -0.25) is 14.6 Å². The largest absolute Gasteiger partial charge is 0.348 e. The molecule has 2 amide bonds. The first-order chi connectivity index (χ1) is 15.9. The number of benzene rings is 2. The lowest BCUT2D eigenvalue weighted by molar-refractivity contribution is 0.0744. The number of carbonyl (C=O) groups excluding carboxylic acids is 2. The van der Waals surface area contributed by atoms with Gasteiger partial charge in [-0.05, 0) is 67.8 Å². The van der Waals surface area contributed by atoms with Gasteiger partial charge in [0.05, 0.1) is 0 Å². The van der Waals surface area contributed by atoms with Gasteiger partial charge in [-0.15, -0.1) is 0 Å². The van der Waals surface area contributed by atoms with Crippen LogP contribution in [0.15, 0.2) is 60.8 Å². The summed E-state index contributed by atoms with van der Waals surface area (Å²) in [5, 5.41) is 6.26. The summed E-state index contributed by atoms with van der Waals surface area (Å²) in [6, 6.07) is 17.6. The second-order valence-corrected chi connectivity index (χ2v) is 8.72. The van der Waals surface area contributed by atoms with Crippen LogP contribution in [0.4, 0.5) is 0 Å². The summed E-state index contributed by atoms with van der Waals surface area (Å²) in [5.41, 5.74) is 5.82. The Kier molecular flexibility index (Phi) is 6.84. The predicted molar refractivity (Wildman–Crippen MR) is 130 cm³/mol. The second-order valence-electron chi connectivity index (χ2n) is 8.72. The van der Waals surface area contributed by atoms with Crippen LogP contribution >= 0.6 is 0 Å². The molecular formula is C27H30N4O2.